The van der Waals surface area contributed by atoms with E-state index in [9.17, 15) is 13.6 Å². The Bertz CT molecular complexity index is 1010. The topological polar surface area (TPSA) is 136 Å². The smallest absolute Gasteiger partial charge is 0.271 e. The van der Waals surface area contributed by atoms with E-state index >= 15 is 0 Å². The summed E-state index contributed by atoms with van der Waals surface area (Å²) in [5, 5.41) is 11.3. The number of allylic oxidation sites excluding steroid dienone is 2. The van der Waals surface area contributed by atoms with E-state index < -0.39 is 23.6 Å². The number of rotatable bonds is 7. The maximum atomic E-state index is 14.0. The second-order valence-corrected chi connectivity index (χ2v) is 6.90. The SMILES string of the molecule is NC1=C(/C=C(\N)c2c(F)cccc2F)CCCC1Oc1cncc(C(=O)NCCO)n1. The molecule has 0 radical (unpaired) electrons. The van der Waals surface area contributed by atoms with Gasteiger partial charge in [0.1, 0.15) is 23.4 Å². The zero-order chi connectivity index (χ0) is 22.4. The largest absolute Gasteiger partial charge is 0.467 e. The van der Waals surface area contributed by atoms with Gasteiger partial charge >= 0.3 is 0 Å². The highest BCUT2D eigenvalue weighted by Gasteiger charge is 2.23. The number of aromatic nitrogens is 2. The van der Waals surface area contributed by atoms with E-state index in [1.807, 2.05) is 0 Å². The van der Waals surface area contributed by atoms with Crippen molar-refractivity contribution in [1.29, 1.82) is 0 Å². The average molecular weight is 431 g/mol. The van der Waals surface area contributed by atoms with Crippen LogP contribution in [0.3, 0.4) is 0 Å². The first-order valence-corrected chi connectivity index (χ1v) is 9.68. The van der Waals surface area contributed by atoms with Gasteiger partial charge in [0.25, 0.3) is 5.91 Å². The number of aliphatic hydroxyl groups is 1. The van der Waals surface area contributed by atoms with Crippen molar-refractivity contribution in [3.8, 4) is 5.88 Å². The lowest BCUT2D eigenvalue weighted by Gasteiger charge is -2.25. The number of aliphatic hydroxyl groups excluding tert-OH is 1. The summed E-state index contributed by atoms with van der Waals surface area (Å²) in [5.74, 6) is -1.92. The van der Waals surface area contributed by atoms with E-state index in [-0.39, 0.29) is 36.0 Å². The summed E-state index contributed by atoms with van der Waals surface area (Å²) in [6, 6.07) is 3.52. The van der Waals surface area contributed by atoms with Crippen molar-refractivity contribution in [3.05, 3.63) is 70.8 Å². The fraction of sp³-hybridized carbons (Fsp3) is 0.286. The molecule has 0 saturated carbocycles. The molecule has 8 nitrogen and oxygen atoms in total. The third-order valence-electron chi connectivity index (χ3n) is 4.72. The molecule has 164 valence electrons. The summed E-state index contributed by atoms with van der Waals surface area (Å²) < 4.78 is 33.8. The van der Waals surface area contributed by atoms with Gasteiger partial charge in [-0.2, -0.15) is 0 Å². The van der Waals surface area contributed by atoms with Crippen LogP contribution >= 0.6 is 0 Å². The number of hydrogen-bond donors (Lipinski definition) is 4. The summed E-state index contributed by atoms with van der Waals surface area (Å²) in [6.07, 6.45) is 5.37. The Labute approximate surface area is 177 Å². The van der Waals surface area contributed by atoms with Gasteiger partial charge in [-0.05, 0) is 43.0 Å². The van der Waals surface area contributed by atoms with Crippen molar-refractivity contribution < 1.29 is 23.4 Å². The zero-order valence-corrected chi connectivity index (χ0v) is 16.6. The number of benzene rings is 1. The van der Waals surface area contributed by atoms with Gasteiger partial charge in [-0.1, -0.05) is 6.07 Å². The Morgan fingerprint density at radius 2 is 2.06 bits per heavy atom. The fourth-order valence-corrected chi connectivity index (χ4v) is 3.22. The molecule has 1 aliphatic carbocycles. The molecule has 0 spiro atoms. The minimum absolute atomic E-state index is 0.0312. The number of halogens is 2. The van der Waals surface area contributed by atoms with Crippen LogP contribution in [0, 0.1) is 11.6 Å². The molecule has 0 aliphatic heterocycles. The van der Waals surface area contributed by atoms with Gasteiger partial charge in [-0.15, -0.1) is 0 Å². The number of nitrogens with zero attached hydrogens (tertiary/aromatic N) is 2. The maximum Gasteiger partial charge on any atom is 0.271 e. The van der Waals surface area contributed by atoms with E-state index in [2.05, 4.69) is 15.3 Å². The van der Waals surface area contributed by atoms with Crippen molar-refractivity contribution in [3.63, 3.8) is 0 Å². The highest BCUT2D eigenvalue weighted by molar-refractivity contribution is 5.92. The third kappa shape index (κ3) is 5.34. The van der Waals surface area contributed by atoms with Crippen LogP contribution < -0.4 is 21.5 Å². The molecular weight excluding hydrogens is 408 g/mol. The monoisotopic (exact) mass is 431 g/mol. The summed E-state index contributed by atoms with van der Waals surface area (Å²) in [6.45, 7) is -0.113. The van der Waals surface area contributed by atoms with Gasteiger partial charge < -0.3 is 26.6 Å². The number of hydrogen-bond acceptors (Lipinski definition) is 7. The first kappa shape index (κ1) is 22.2. The molecular formula is C21H23F2N5O3. The first-order chi connectivity index (χ1) is 14.9. The van der Waals surface area contributed by atoms with Gasteiger partial charge in [-0.25, -0.2) is 13.8 Å². The number of ether oxygens (including phenoxy) is 1. The van der Waals surface area contributed by atoms with Crippen LogP contribution in [0.25, 0.3) is 5.70 Å². The van der Waals surface area contributed by atoms with Gasteiger partial charge in [0.15, 0.2) is 0 Å². The molecule has 1 aromatic carbocycles. The van der Waals surface area contributed by atoms with Crippen LogP contribution in [0.1, 0.15) is 35.3 Å². The standard InChI is InChI=1S/C21H23F2N5O3/c22-13-4-2-5-14(23)19(13)15(24)9-12-3-1-6-17(20(12)25)31-18-11-26-10-16(28-18)21(30)27-7-8-29/h2,4-5,9-11,17,29H,1,3,6-8,24-25H2,(H,27,30)/b15-9-. The van der Waals surface area contributed by atoms with E-state index in [4.69, 9.17) is 21.3 Å². The van der Waals surface area contributed by atoms with E-state index in [0.717, 1.165) is 12.1 Å². The summed E-state index contributed by atoms with van der Waals surface area (Å²) in [4.78, 5) is 20.0. The van der Waals surface area contributed by atoms with Crippen molar-refractivity contribution in [1.82, 2.24) is 15.3 Å². The van der Waals surface area contributed by atoms with Crippen LogP contribution in [0.2, 0.25) is 0 Å². The van der Waals surface area contributed by atoms with Crippen LogP contribution in [0.4, 0.5) is 8.78 Å². The predicted octanol–water partition coefficient (Wildman–Crippen LogP) is 1.62. The van der Waals surface area contributed by atoms with Crippen molar-refractivity contribution >= 4 is 11.6 Å². The maximum absolute atomic E-state index is 14.0. The Morgan fingerprint density at radius 3 is 2.77 bits per heavy atom. The molecule has 1 aromatic heterocycles. The van der Waals surface area contributed by atoms with Crippen LogP contribution in [-0.2, 0) is 0 Å². The number of nitrogens with two attached hydrogens (primary N) is 2. The Morgan fingerprint density at radius 1 is 1.32 bits per heavy atom. The molecule has 1 heterocycles. The Hall–Kier alpha value is -3.53. The normalized spacial score (nSPS) is 16.9. The number of carbonyl (C=O) groups is 1. The number of nitrogens with one attached hydrogen (secondary N) is 1. The third-order valence-corrected chi connectivity index (χ3v) is 4.72. The summed E-state index contributed by atoms with van der Waals surface area (Å²) >= 11 is 0. The molecule has 10 heteroatoms. The minimum Gasteiger partial charge on any atom is -0.467 e. The van der Waals surface area contributed by atoms with Crippen LogP contribution in [0.5, 0.6) is 5.88 Å². The molecule has 0 saturated heterocycles. The van der Waals surface area contributed by atoms with Crippen LogP contribution in [0.15, 0.2) is 47.9 Å². The van der Waals surface area contributed by atoms with Gasteiger partial charge in [0.2, 0.25) is 5.88 Å². The minimum atomic E-state index is -0.761. The fourth-order valence-electron chi connectivity index (χ4n) is 3.22. The molecule has 6 N–H and O–H groups in total. The molecule has 1 aliphatic rings. The second kappa shape index (κ2) is 9.98. The highest BCUT2D eigenvalue weighted by Crippen LogP contribution is 2.28. The molecule has 2 aromatic rings. The molecule has 31 heavy (non-hydrogen) atoms. The highest BCUT2D eigenvalue weighted by atomic mass is 19.1. The van der Waals surface area contributed by atoms with Gasteiger partial charge in [0, 0.05) is 12.2 Å². The van der Waals surface area contributed by atoms with E-state index in [1.54, 1.807) is 0 Å². The summed E-state index contributed by atoms with van der Waals surface area (Å²) in [5.41, 5.74) is 12.8. The van der Waals surface area contributed by atoms with Crippen LogP contribution in [-0.4, -0.2) is 40.2 Å². The van der Waals surface area contributed by atoms with Crippen molar-refractivity contribution in [2.45, 2.75) is 25.4 Å². The Balaban J connectivity index is 1.81. The van der Waals surface area contributed by atoms with Gasteiger partial charge in [0.05, 0.1) is 30.3 Å². The lowest BCUT2D eigenvalue weighted by molar-refractivity contribution is 0.0937. The summed E-state index contributed by atoms with van der Waals surface area (Å²) in [7, 11) is 0. The second-order valence-electron chi connectivity index (χ2n) is 6.90. The lowest BCUT2D eigenvalue weighted by atomic mass is 9.92. The zero-order valence-electron chi connectivity index (χ0n) is 16.6. The first-order valence-electron chi connectivity index (χ1n) is 9.68. The van der Waals surface area contributed by atoms with E-state index in [0.29, 0.717) is 30.5 Å². The molecule has 1 unspecified atom stereocenters. The molecule has 0 fully saturated rings. The number of carbonyl (C=O) groups excluding carboxylic acids is 1. The van der Waals surface area contributed by atoms with Crippen molar-refractivity contribution in [2.75, 3.05) is 13.2 Å². The quantitative estimate of drug-likeness (QED) is 0.523. The molecule has 1 atom stereocenters. The van der Waals surface area contributed by atoms with E-state index in [1.165, 1.54) is 24.5 Å². The van der Waals surface area contributed by atoms with Gasteiger partial charge in [-0.3, -0.25) is 9.78 Å². The Kier molecular flexibility index (Phi) is 7.14. The molecule has 1 amide bonds. The number of amides is 1. The molecule has 3 rings (SSSR count). The van der Waals surface area contributed by atoms with Crippen molar-refractivity contribution in [2.24, 2.45) is 11.5 Å². The average Bonchev–Trinajstić information content (AvgIpc) is 2.75. The predicted molar refractivity (Wildman–Crippen MR) is 109 cm³/mol. The lowest BCUT2D eigenvalue weighted by Crippen LogP contribution is -2.30. The molecule has 0 bridgehead atoms.